The van der Waals surface area contributed by atoms with Gasteiger partial charge in [-0.05, 0) is 29.7 Å². The topological polar surface area (TPSA) is 97.5 Å². The lowest BCUT2D eigenvalue weighted by Gasteiger charge is -2.06. The Balaban J connectivity index is 2.04. The summed E-state index contributed by atoms with van der Waals surface area (Å²) in [4.78, 5) is 11.8. The van der Waals surface area contributed by atoms with E-state index in [2.05, 4.69) is 0 Å². The van der Waals surface area contributed by atoms with Gasteiger partial charge in [0.1, 0.15) is 10.8 Å². The van der Waals surface area contributed by atoms with Gasteiger partial charge in [0.25, 0.3) is 0 Å². The van der Waals surface area contributed by atoms with Gasteiger partial charge in [-0.25, -0.2) is 8.42 Å². The van der Waals surface area contributed by atoms with E-state index in [0.29, 0.717) is 5.56 Å². The number of aliphatic carboxylic acids is 1. The lowest BCUT2D eigenvalue weighted by atomic mass is 10.0. The van der Waals surface area contributed by atoms with Crippen molar-refractivity contribution in [3.8, 4) is 0 Å². The van der Waals surface area contributed by atoms with Crippen molar-refractivity contribution in [1.82, 2.24) is 0 Å². The van der Waals surface area contributed by atoms with Crippen molar-refractivity contribution >= 4 is 15.8 Å². The molecule has 6 heteroatoms. The van der Waals surface area contributed by atoms with Crippen LogP contribution < -0.4 is 5.73 Å². The number of aryl methyl sites for hydroxylation is 1. The number of carboxylic acids is 1. The first-order chi connectivity index (χ1) is 11.3. The summed E-state index contributed by atoms with van der Waals surface area (Å²) in [7, 11) is -3.84. The minimum Gasteiger partial charge on any atom is -0.480 e. The number of benzene rings is 2. The van der Waals surface area contributed by atoms with Gasteiger partial charge in [0, 0.05) is 5.92 Å². The first kappa shape index (κ1) is 16.7. The van der Waals surface area contributed by atoms with Gasteiger partial charge in [-0.2, -0.15) is 0 Å². The number of hydrogen-bond donors (Lipinski definition) is 2. The maximum Gasteiger partial charge on any atom is 0.325 e. The summed E-state index contributed by atoms with van der Waals surface area (Å²) < 4.78 is 25.8. The van der Waals surface area contributed by atoms with E-state index in [1.54, 1.807) is 30.3 Å². The van der Waals surface area contributed by atoms with Crippen LogP contribution in [-0.4, -0.2) is 30.3 Å². The summed E-state index contributed by atoms with van der Waals surface area (Å²) in [5.74, 6) is -2.05. The molecule has 3 rings (SSSR count). The van der Waals surface area contributed by atoms with Crippen LogP contribution in [0.25, 0.3) is 0 Å². The first-order valence-corrected chi connectivity index (χ1v) is 9.28. The van der Waals surface area contributed by atoms with Crippen LogP contribution >= 0.6 is 0 Å². The number of hydrogen-bond acceptors (Lipinski definition) is 4. The second-order valence-corrected chi connectivity index (χ2v) is 8.16. The summed E-state index contributed by atoms with van der Waals surface area (Å²) in [6.45, 7) is 2.01. The van der Waals surface area contributed by atoms with Crippen LogP contribution in [0.2, 0.25) is 0 Å². The molecule has 0 heterocycles. The Morgan fingerprint density at radius 2 is 1.71 bits per heavy atom. The van der Waals surface area contributed by atoms with E-state index in [1.807, 2.05) is 19.1 Å². The molecule has 0 amide bonds. The highest BCUT2D eigenvalue weighted by Crippen LogP contribution is 2.55. The van der Waals surface area contributed by atoms with Crippen molar-refractivity contribution in [2.45, 2.75) is 34.9 Å². The number of carboxylic acid groups (broad SMARTS) is 1. The van der Waals surface area contributed by atoms with E-state index in [1.165, 1.54) is 12.1 Å². The SMILES string of the molecule is CCc1ccc(C2C(S(=O)(=O)c3ccccc3)C2(N)C(=O)O)cc1. The molecule has 0 aromatic heterocycles. The average Bonchev–Trinajstić information content (AvgIpc) is 3.24. The number of sulfone groups is 1. The zero-order chi connectivity index (χ0) is 17.5. The number of nitrogens with two attached hydrogens (primary N) is 1. The molecule has 126 valence electrons. The van der Waals surface area contributed by atoms with E-state index in [0.717, 1.165) is 12.0 Å². The molecule has 1 fully saturated rings. The quantitative estimate of drug-likeness (QED) is 0.863. The summed E-state index contributed by atoms with van der Waals surface area (Å²) in [5.41, 5.74) is 5.96. The van der Waals surface area contributed by atoms with E-state index in [-0.39, 0.29) is 4.90 Å². The Hall–Kier alpha value is -2.18. The largest absolute Gasteiger partial charge is 0.480 e. The molecule has 3 atom stereocenters. The monoisotopic (exact) mass is 345 g/mol. The molecule has 3 unspecified atom stereocenters. The van der Waals surface area contributed by atoms with Crippen molar-refractivity contribution < 1.29 is 18.3 Å². The van der Waals surface area contributed by atoms with Crippen LogP contribution in [0.1, 0.15) is 24.0 Å². The van der Waals surface area contributed by atoms with Gasteiger partial charge < -0.3 is 10.8 Å². The Morgan fingerprint density at radius 3 is 2.21 bits per heavy atom. The van der Waals surface area contributed by atoms with Gasteiger partial charge in [0.05, 0.1) is 4.90 Å². The normalized spacial score (nSPS) is 26.1. The van der Waals surface area contributed by atoms with Gasteiger partial charge in [-0.1, -0.05) is 49.4 Å². The maximum atomic E-state index is 12.9. The van der Waals surface area contributed by atoms with E-state index >= 15 is 0 Å². The molecule has 5 nitrogen and oxygen atoms in total. The van der Waals surface area contributed by atoms with Crippen LogP contribution in [0, 0.1) is 0 Å². The molecule has 3 N–H and O–H groups in total. The fourth-order valence-corrected chi connectivity index (χ4v) is 5.49. The van der Waals surface area contributed by atoms with Gasteiger partial charge in [0.15, 0.2) is 9.84 Å². The van der Waals surface area contributed by atoms with Crippen molar-refractivity contribution in [2.75, 3.05) is 0 Å². The third kappa shape index (κ3) is 2.42. The summed E-state index contributed by atoms with van der Waals surface area (Å²) in [6.07, 6.45) is 0.851. The summed E-state index contributed by atoms with van der Waals surface area (Å²) >= 11 is 0. The minimum atomic E-state index is -3.84. The van der Waals surface area contributed by atoms with Crippen LogP contribution in [0.15, 0.2) is 59.5 Å². The Bertz CT molecular complexity index is 862. The molecule has 24 heavy (non-hydrogen) atoms. The fourth-order valence-electron chi connectivity index (χ4n) is 3.23. The Morgan fingerprint density at radius 1 is 1.12 bits per heavy atom. The van der Waals surface area contributed by atoms with E-state index < -0.39 is 32.5 Å². The lowest BCUT2D eigenvalue weighted by Crippen LogP contribution is -2.39. The molecule has 0 spiro atoms. The van der Waals surface area contributed by atoms with Crippen molar-refractivity contribution in [3.05, 3.63) is 65.7 Å². The maximum absolute atomic E-state index is 12.9. The lowest BCUT2D eigenvalue weighted by molar-refractivity contribution is -0.139. The summed E-state index contributed by atoms with van der Waals surface area (Å²) in [6, 6.07) is 15.2. The third-order valence-electron chi connectivity index (χ3n) is 4.70. The van der Waals surface area contributed by atoms with Crippen LogP contribution in [0.5, 0.6) is 0 Å². The third-order valence-corrected chi connectivity index (χ3v) is 6.96. The molecule has 1 aliphatic carbocycles. The van der Waals surface area contributed by atoms with Gasteiger partial charge in [0.2, 0.25) is 0 Å². The zero-order valence-electron chi connectivity index (χ0n) is 13.2. The highest BCUT2D eigenvalue weighted by molar-refractivity contribution is 7.92. The highest BCUT2D eigenvalue weighted by Gasteiger charge is 2.74. The molecule has 0 radical (unpaired) electrons. The molecule has 1 saturated carbocycles. The molecule has 0 saturated heterocycles. The smallest absolute Gasteiger partial charge is 0.325 e. The number of carbonyl (C=O) groups is 1. The second kappa shape index (κ2) is 5.72. The Kier molecular flexibility index (Phi) is 3.97. The van der Waals surface area contributed by atoms with Crippen molar-refractivity contribution in [2.24, 2.45) is 5.73 Å². The molecular weight excluding hydrogens is 326 g/mol. The highest BCUT2D eigenvalue weighted by atomic mass is 32.2. The van der Waals surface area contributed by atoms with Crippen molar-refractivity contribution in [1.29, 1.82) is 0 Å². The predicted molar refractivity (Wildman–Crippen MR) is 90.5 cm³/mol. The van der Waals surface area contributed by atoms with Crippen LogP contribution in [0.4, 0.5) is 0 Å². The van der Waals surface area contributed by atoms with E-state index in [4.69, 9.17) is 5.73 Å². The molecule has 2 aromatic carbocycles. The van der Waals surface area contributed by atoms with Crippen LogP contribution in [0.3, 0.4) is 0 Å². The van der Waals surface area contributed by atoms with Crippen molar-refractivity contribution in [3.63, 3.8) is 0 Å². The Labute approximate surface area is 141 Å². The standard InChI is InChI=1S/C18H19NO4S/c1-2-12-8-10-13(11-9-12)15-16(18(15,19)17(20)21)24(22,23)14-6-4-3-5-7-14/h3-11,15-16H,2,19H2,1H3,(H,20,21). The molecule has 0 aliphatic heterocycles. The minimum absolute atomic E-state index is 0.0961. The van der Waals surface area contributed by atoms with Gasteiger partial charge in [-0.3, -0.25) is 4.79 Å². The predicted octanol–water partition coefficient (Wildman–Crippen LogP) is 1.97. The zero-order valence-corrected chi connectivity index (χ0v) is 14.0. The molecule has 0 bridgehead atoms. The molecular formula is C18H19NO4S. The molecule has 1 aliphatic rings. The first-order valence-electron chi connectivity index (χ1n) is 7.73. The van der Waals surface area contributed by atoms with Gasteiger partial charge >= 0.3 is 5.97 Å². The molecule has 2 aromatic rings. The second-order valence-electron chi connectivity index (χ2n) is 6.09. The van der Waals surface area contributed by atoms with Crippen LogP contribution in [-0.2, 0) is 21.1 Å². The summed E-state index contributed by atoms with van der Waals surface area (Å²) in [5, 5.41) is 8.37. The van der Waals surface area contributed by atoms with Gasteiger partial charge in [-0.15, -0.1) is 0 Å². The number of rotatable bonds is 5. The van der Waals surface area contributed by atoms with E-state index in [9.17, 15) is 18.3 Å². The average molecular weight is 345 g/mol. The fraction of sp³-hybridized carbons (Fsp3) is 0.278.